The first-order valence-corrected chi connectivity index (χ1v) is 6.56. The summed E-state index contributed by atoms with van der Waals surface area (Å²) in [6.45, 7) is 4.57. The van der Waals surface area contributed by atoms with Crippen molar-refractivity contribution >= 4 is 15.9 Å². The largest absolute Gasteiger partial charge is 0.0921 e. The van der Waals surface area contributed by atoms with Crippen molar-refractivity contribution < 1.29 is 0 Å². The van der Waals surface area contributed by atoms with Gasteiger partial charge in [0.25, 0.3) is 0 Å². The fraction of sp³-hybridized carbons (Fsp3) is 0.538. The summed E-state index contributed by atoms with van der Waals surface area (Å²) in [7, 11) is 0. The zero-order valence-corrected chi connectivity index (χ0v) is 10.6. The Hall–Kier alpha value is -0.300. The Balaban J connectivity index is 2.81. The van der Waals surface area contributed by atoms with E-state index in [2.05, 4.69) is 60.1 Å². The summed E-state index contributed by atoms with van der Waals surface area (Å²) in [5.74, 6) is 1.47. The van der Waals surface area contributed by atoms with E-state index < -0.39 is 0 Å². The Bertz CT molecular complexity index is 239. The lowest BCUT2D eigenvalue weighted by molar-refractivity contribution is 0.425. The first-order chi connectivity index (χ1) is 6.83. The van der Waals surface area contributed by atoms with Crippen LogP contribution in [0.5, 0.6) is 0 Å². The van der Waals surface area contributed by atoms with Crippen molar-refractivity contribution in [2.45, 2.75) is 32.6 Å². The van der Waals surface area contributed by atoms with Crippen molar-refractivity contribution in [2.75, 3.05) is 5.33 Å². The molecule has 0 aliphatic rings. The summed E-state index contributed by atoms with van der Waals surface area (Å²) < 4.78 is 0. The summed E-state index contributed by atoms with van der Waals surface area (Å²) in [4.78, 5) is 0. The maximum absolute atomic E-state index is 3.63. The molecule has 14 heavy (non-hydrogen) atoms. The molecule has 0 amide bonds. The van der Waals surface area contributed by atoms with Crippen LogP contribution in [-0.4, -0.2) is 5.33 Å². The number of halogens is 1. The molecule has 0 fully saturated rings. The summed E-state index contributed by atoms with van der Waals surface area (Å²) in [5.41, 5.74) is 1.47. The van der Waals surface area contributed by atoms with Gasteiger partial charge in [-0.05, 0) is 17.4 Å². The van der Waals surface area contributed by atoms with Crippen LogP contribution in [0.3, 0.4) is 0 Å². The van der Waals surface area contributed by atoms with Gasteiger partial charge < -0.3 is 0 Å². The SMILES string of the molecule is CCC(CC)C(CBr)c1ccccc1. The highest BCUT2D eigenvalue weighted by atomic mass is 79.9. The minimum atomic E-state index is 0.672. The van der Waals surface area contributed by atoms with Gasteiger partial charge in [0.05, 0.1) is 0 Å². The van der Waals surface area contributed by atoms with Crippen LogP contribution in [0, 0.1) is 5.92 Å². The van der Waals surface area contributed by atoms with Crippen molar-refractivity contribution in [1.82, 2.24) is 0 Å². The number of benzene rings is 1. The van der Waals surface area contributed by atoms with Crippen LogP contribution >= 0.6 is 15.9 Å². The van der Waals surface area contributed by atoms with Gasteiger partial charge in [0.1, 0.15) is 0 Å². The molecule has 0 nitrogen and oxygen atoms in total. The molecule has 1 rings (SSSR count). The van der Waals surface area contributed by atoms with Gasteiger partial charge in [0, 0.05) is 5.33 Å². The standard InChI is InChI=1S/C13H19Br/c1-3-11(4-2)13(10-14)12-8-6-5-7-9-12/h5-9,11,13H,3-4,10H2,1-2H3. The molecule has 0 aliphatic heterocycles. The third kappa shape index (κ3) is 2.84. The van der Waals surface area contributed by atoms with Gasteiger partial charge in [-0.25, -0.2) is 0 Å². The molecular formula is C13H19Br. The lowest BCUT2D eigenvalue weighted by atomic mass is 9.84. The highest BCUT2D eigenvalue weighted by Crippen LogP contribution is 2.30. The van der Waals surface area contributed by atoms with E-state index in [1.807, 2.05) is 0 Å². The van der Waals surface area contributed by atoms with Gasteiger partial charge in [-0.2, -0.15) is 0 Å². The zero-order chi connectivity index (χ0) is 10.4. The predicted octanol–water partition coefficient (Wildman–Crippen LogP) is 4.60. The molecule has 1 aromatic rings. The maximum Gasteiger partial charge on any atom is 0.0103 e. The van der Waals surface area contributed by atoms with E-state index in [4.69, 9.17) is 0 Å². The molecule has 0 saturated carbocycles. The fourth-order valence-corrected chi connectivity index (χ4v) is 2.95. The smallest absolute Gasteiger partial charge is 0.0103 e. The van der Waals surface area contributed by atoms with Crippen LogP contribution in [0.4, 0.5) is 0 Å². The molecule has 1 atom stereocenters. The van der Waals surface area contributed by atoms with Gasteiger partial charge >= 0.3 is 0 Å². The summed E-state index contributed by atoms with van der Waals surface area (Å²) >= 11 is 3.63. The number of hydrogen-bond donors (Lipinski definition) is 0. The van der Waals surface area contributed by atoms with Crippen LogP contribution < -0.4 is 0 Å². The lowest BCUT2D eigenvalue weighted by Gasteiger charge is -2.23. The van der Waals surface area contributed by atoms with Crippen LogP contribution in [0.25, 0.3) is 0 Å². The third-order valence-corrected chi connectivity index (χ3v) is 3.71. The van der Waals surface area contributed by atoms with Crippen LogP contribution in [-0.2, 0) is 0 Å². The van der Waals surface area contributed by atoms with E-state index in [1.54, 1.807) is 0 Å². The molecule has 0 saturated heterocycles. The molecule has 0 aromatic heterocycles. The van der Waals surface area contributed by atoms with Crippen LogP contribution in [0.2, 0.25) is 0 Å². The van der Waals surface area contributed by atoms with E-state index >= 15 is 0 Å². The highest BCUT2D eigenvalue weighted by molar-refractivity contribution is 9.09. The van der Waals surface area contributed by atoms with E-state index in [9.17, 15) is 0 Å². The fourth-order valence-electron chi connectivity index (χ4n) is 2.05. The van der Waals surface area contributed by atoms with Crippen LogP contribution in [0.1, 0.15) is 38.2 Å². The van der Waals surface area contributed by atoms with Gasteiger partial charge in [-0.3, -0.25) is 0 Å². The number of alkyl halides is 1. The van der Waals surface area contributed by atoms with Gasteiger partial charge in [0.2, 0.25) is 0 Å². The second-order valence-electron chi connectivity index (χ2n) is 3.75. The Morgan fingerprint density at radius 1 is 1.07 bits per heavy atom. The van der Waals surface area contributed by atoms with E-state index in [-0.39, 0.29) is 0 Å². The molecule has 1 unspecified atom stereocenters. The maximum atomic E-state index is 3.63. The van der Waals surface area contributed by atoms with Crippen molar-refractivity contribution in [3.63, 3.8) is 0 Å². The molecule has 0 N–H and O–H groups in total. The second kappa shape index (κ2) is 6.23. The molecule has 78 valence electrons. The van der Waals surface area contributed by atoms with Crippen molar-refractivity contribution in [2.24, 2.45) is 5.92 Å². The first kappa shape index (κ1) is 11.8. The van der Waals surface area contributed by atoms with E-state index in [1.165, 1.54) is 18.4 Å². The van der Waals surface area contributed by atoms with Gasteiger partial charge in [-0.15, -0.1) is 0 Å². The van der Waals surface area contributed by atoms with Gasteiger partial charge in [-0.1, -0.05) is 73.0 Å². The predicted molar refractivity (Wildman–Crippen MR) is 67.0 cm³/mol. The molecule has 1 heteroatoms. The number of hydrogen-bond acceptors (Lipinski definition) is 0. The summed E-state index contributed by atoms with van der Waals surface area (Å²) in [6.07, 6.45) is 2.53. The second-order valence-corrected chi connectivity index (χ2v) is 4.40. The topological polar surface area (TPSA) is 0 Å². The van der Waals surface area contributed by atoms with Gasteiger partial charge in [0.15, 0.2) is 0 Å². The first-order valence-electron chi connectivity index (χ1n) is 5.44. The minimum Gasteiger partial charge on any atom is -0.0921 e. The molecule has 1 aromatic carbocycles. The number of rotatable bonds is 5. The zero-order valence-electron chi connectivity index (χ0n) is 9.04. The molecule has 0 heterocycles. The Labute approximate surface area is 95.9 Å². The average molecular weight is 255 g/mol. The lowest BCUT2D eigenvalue weighted by Crippen LogP contribution is -2.12. The Morgan fingerprint density at radius 2 is 1.64 bits per heavy atom. The Morgan fingerprint density at radius 3 is 2.07 bits per heavy atom. The van der Waals surface area contributed by atoms with Crippen molar-refractivity contribution in [3.05, 3.63) is 35.9 Å². The molecule has 0 aliphatic carbocycles. The summed E-state index contributed by atoms with van der Waals surface area (Å²) in [6, 6.07) is 10.8. The molecular weight excluding hydrogens is 236 g/mol. The quantitative estimate of drug-likeness (QED) is 0.674. The third-order valence-electron chi connectivity index (χ3n) is 3.01. The van der Waals surface area contributed by atoms with Crippen molar-refractivity contribution in [3.8, 4) is 0 Å². The molecule has 0 radical (unpaired) electrons. The van der Waals surface area contributed by atoms with Crippen LogP contribution in [0.15, 0.2) is 30.3 Å². The molecule has 0 bridgehead atoms. The summed E-state index contributed by atoms with van der Waals surface area (Å²) in [5, 5.41) is 1.07. The average Bonchev–Trinajstić information content (AvgIpc) is 2.27. The van der Waals surface area contributed by atoms with Crippen molar-refractivity contribution in [1.29, 1.82) is 0 Å². The minimum absolute atomic E-state index is 0.672. The monoisotopic (exact) mass is 254 g/mol. The normalized spacial score (nSPS) is 13.1. The highest BCUT2D eigenvalue weighted by Gasteiger charge is 2.18. The van der Waals surface area contributed by atoms with E-state index in [0.717, 1.165) is 11.2 Å². The van der Waals surface area contributed by atoms with E-state index in [0.29, 0.717) is 5.92 Å². The molecule has 0 spiro atoms. The Kier molecular flexibility index (Phi) is 5.24.